The molecule has 2 N–H and O–H groups in total. The second-order valence-corrected chi connectivity index (χ2v) is 8.01. The van der Waals surface area contributed by atoms with E-state index >= 15 is 0 Å². The average Bonchev–Trinajstić information content (AvgIpc) is 2.95. The number of hydrogen-bond donors (Lipinski definition) is 1. The van der Waals surface area contributed by atoms with E-state index in [1.165, 1.54) is 25.2 Å². The van der Waals surface area contributed by atoms with Crippen LogP contribution in [-0.2, 0) is 9.59 Å². The summed E-state index contributed by atoms with van der Waals surface area (Å²) in [6.45, 7) is 0. The SMILES string of the molecule is CN(C#N)C(=O)[C@H](CC1CCCCC1)C1(Cl)C=CSC1C(N)=O. The summed E-state index contributed by atoms with van der Waals surface area (Å²) < 4.78 is 0. The van der Waals surface area contributed by atoms with Crippen molar-refractivity contribution in [3.8, 4) is 6.19 Å². The van der Waals surface area contributed by atoms with Gasteiger partial charge in [0.2, 0.25) is 11.8 Å². The quantitative estimate of drug-likeness (QED) is 0.466. The zero-order chi connectivity index (χ0) is 17.0. The molecule has 2 aliphatic rings. The maximum absolute atomic E-state index is 12.7. The molecule has 1 aliphatic carbocycles. The Morgan fingerprint density at radius 2 is 2.13 bits per heavy atom. The summed E-state index contributed by atoms with van der Waals surface area (Å²) in [5.74, 6) is -1.10. The maximum Gasteiger partial charge on any atom is 0.240 e. The Labute approximate surface area is 146 Å². The number of allylic oxidation sites excluding steroid dienone is 1. The van der Waals surface area contributed by atoms with E-state index in [0.717, 1.165) is 30.6 Å². The minimum absolute atomic E-state index is 0.341. The molecule has 2 unspecified atom stereocenters. The first-order valence-corrected chi connectivity index (χ1v) is 9.21. The van der Waals surface area contributed by atoms with E-state index in [1.807, 2.05) is 6.19 Å². The van der Waals surface area contributed by atoms with Crippen LogP contribution in [-0.4, -0.2) is 33.9 Å². The van der Waals surface area contributed by atoms with Crippen LogP contribution in [0.5, 0.6) is 0 Å². The molecule has 0 aromatic heterocycles. The Morgan fingerprint density at radius 3 is 2.70 bits per heavy atom. The molecule has 0 saturated heterocycles. The van der Waals surface area contributed by atoms with Crippen molar-refractivity contribution < 1.29 is 9.59 Å². The third-order valence-corrected chi connectivity index (χ3v) is 6.73. The molecule has 1 fully saturated rings. The van der Waals surface area contributed by atoms with Gasteiger partial charge in [-0.25, -0.2) is 0 Å². The number of halogens is 1. The number of carbonyl (C=O) groups excluding carboxylic acids is 2. The van der Waals surface area contributed by atoms with Gasteiger partial charge in [-0.2, -0.15) is 5.26 Å². The molecule has 1 aliphatic heterocycles. The van der Waals surface area contributed by atoms with Crippen molar-refractivity contribution in [3.05, 3.63) is 11.5 Å². The molecule has 2 rings (SSSR count). The van der Waals surface area contributed by atoms with Crippen LogP contribution in [0.4, 0.5) is 0 Å². The molecular weight excluding hydrogens is 334 g/mol. The summed E-state index contributed by atoms with van der Waals surface area (Å²) in [4.78, 5) is 24.3. The summed E-state index contributed by atoms with van der Waals surface area (Å²) in [5, 5.41) is 10.1. The number of amides is 2. The van der Waals surface area contributed by atoms with Gasteiger partial charge in [0.25, 0.3) is 0 Å². The highest BCUT2D eigenvalue weighted by molar-refractivity contribution is 8.03. The van der Waals surface area contributed by atoms with Gasteiger partial charge in [0.1, 0.15) is 5.25 Å². The van der Waals surface area contributed by atoms with E-state index in [-0.39, 0.29) is 5.91 Å². The fourth-order valence-electron chi connectivity index (χ4n) is 3.51. The lowest BCUT2D eigenvalue weighted by atomic mass is 9.76. The van der Waals surface area contributed by atoms with Gasteiger partial charge in [-0.05, 0) is 17.7 Å². The molecule has 0 bridgehead atoms. The van der Waals surface area contributed by atoms with Gasteiger partial charge < -0.3 is 5.73 Å². The zero-order valence-electron chi connectivity index (χ0n) is 13.2. The second-order valence-electron chi connectivity index (χ2n) is 6.34. The van der Waals surface area contributed by atoms with Crippen molar-refractivity contribution in [1.82, 2.24) is 4.90 Å². The Bertz CT molecular complexity index is 542. The number of hydrogen-bond acceptors (Lipinski definition) is 4. The topological polar surface area (TPSA) is 87.2 Å². The van der Waals surface area contributed by atoms with Gasteiger partial charge >= 0.3 is 0 Å². The van der Waals surface area contributed by atoms with E-state index in [9.17, 15) is 9.59 Å². The summed E-state index contributed by atoms with van der Waals surface area (Å²) in [5.41, 5.74) is 5.48. The summed E-state index contributed by atoms with van der Waals surface area (Å²) in [6.07, 6.45) is 9.78. The third kappa shape index (κ3) is 3.84. The van der Waals surface area contributed by atoms with E-state index in [1.54, 1.807) is 11.5 Å². The fourth-order valence-corrected chi connectivity index (χ4v) is 5.14. The van der Waals surface area contributed by atoms with Crippen molar-refractivity contribution in [1.29, 1.82) is 5.26 Å². The van der Waals surface area contributed by atoms with Crippen LogP contribution >= 0.6 is 23.4 Å². The molecular formula is C16H22ClN3O2S. The highest BCUT2D eigenvalue weighted by Gasteiger charge is 2.52. The highest BCUT2D eigenvalue weighted by Crippen LogP contribution is 2.47. The molecule has 0 aromatic rings. The molecule has 0 spiro atoms. The molecule has 3 atom stereocenters. The minimum atomic E-state index is -1.16. The largest absolute Gasteiger partial charge is 0.369 e. The lowest BCUT2D eigenvalue weighted by molar-refractivity contribution is -0.133. The smallest absolute Gasteiger partial charge is 0.240 e. The number of nitriles is 1. The molecule has 23 heavy (non-hydrogen) atoms. The molecule has 1 heterocycles. The monoisotopic (exact) mass is 355 g/mol. The second kappa shape index (κ2) is 7.59. The van der Waals surface area contributed by atoms with Crippen molar-refractivity contribution in [2.24, 2.45) is 17.6 Å². The van der Waals surface area contributed by atoms with Crippen LogP contribution in [0.15, 0.2) is 11.5 Å². The van der Waals surface area contributed by atoms with Crippen molar-refractivity contribution >= 4 is 35.2 Å². The number of nitrogens with two attached hydrogens (primary N) is 1. The lowest BCUT2D eigenvalue weighted by Gasteiger charge is -2.36. The Balaban J connectivity index is 2.28. The van der Waals surface area contributed by atoms with Crippen LogP contribution in [0.25, 0.3) is 0 Å². The Kier molecular flexibility index (Phi) is 5.99. The first-order valence-electron chi connectivity index (χ1n) is 7.89. The van der Waals surface area contributed by atoms with Crippen LogP contribution in [0.1, 0.15) is 38.5 Å². The van der Waals surface area contributed by atoms with Crippen molar-refractivity contribution in [2.45, 2.75) is 48.6 Å². The van der Waals surface area contributed by atoms with Crippen LogP contribution in [0.2, 0.25) is 0 Å². The standard InChI is InChI=1S/C16H22ClN3O2S/c1-20(10-18)15(22)12(9-11-5-3-2-4-6-11)16(17)7-8-23-13(16)14(19)21/h7-8,11-13H,2-6,9H2,1H3,(H2,19,21)/t12-,13?,16?/m0/s1. The lowest BCUT2D eigenvalue weighted by Crippen LogP contribution is -2.51. The van der Waals surface area contributed by atoms with E-state index in [2.05, 4.69) is 0 Å². The number of primary amides is 1. The maximum atomic E-state index is 12.7. The molecule has 5 nitrogen and oxygen atoms in total. The van der Waals surface area contributed by atoms with Crippen LogP contribution in [0.3, 0.4) is 0 Å². The first-order chi connectivity index (χ1) is 10.9. The van der Waals surface area contributed by atoms with E-state index in [4.69, 9.17) is 22.6 Å². The van der Waals surface area contributed by atoms with Crippen molar-refractivity contribution in [2.75, 3.05) is 7.05 Å². The van der Waals surface area contributed by atoms with Gasteiger partial charge in [0, 0.05) is 7.05 Å². The normalized spacial score (nSPS) is 29.0. The minimum Gasteiger partial charge on any atom is -0.369 e. The van der Waals surface area contributed by atoms with Gasteiger partial charge in [0.15, 0.2) is 6.19 Å². The summed E-state index contributed by atoms with van der Waals surface area (Å²) in [7, 11) is 1.43. The number of thioether (sulfide) groups is 1. The predicted molar refractivity (Wildman–Crippen MR) is 91.4 cm³/mol. The summed E-state index contributed by atoms with van der Waals surface area (Å²) in [6, 6.07) is 0. The first kappa shape index (κ1) is 18.2. The third-order valence-electron chi connectivity index (χ3n) is 4.80. The van der Waals surface area contributed by atoms with E-state index in [0.29, 0.717) is 12.3 Å². The molecule has 1 saturated carbocycles. The number of rotatable bonds is 5. The number of nitrogens with zero attached hydrogens (tertiary/aromatic N) is 2. The van der Waals surface area contributed by atoms with E-state index < -0.39 is 21.9 Å². The molecule has 0 aromatic carbocycles. The van der Waals surface area contributed by atoms with Gasteiger partial charge in [-0.1, -0.05) is 38.2 Å². The highest BCUT2D eigenvalue weighted by atomic mass is 35.5. The van der Waals surface area contributed by atoms with Gasteiger partial charge in [0.05, 0.1) is 10.8 Å². The predicted octanol–water partition coefficient (Wildman–Crippen LogP) is 2.60. The summed E-state index contributed by atoms with van der Waals surface area (Å²) >= 11 is 7.99. The Morgan fingerprint density at radius 1 is 1.48 bits per heavy atom. The van der Waals surface area contributed by atoms with Gasteiger partial charge in [-0.3, -0.25) is 14.5 Å². The molecule has 0 radical (unpaired) electrons. The number of carbonyl (C=O) groups is 2. The van der Waals surface area contributed by atoms with Gasteiger partial charge in [-0.15, -0.1) is 23.4 Å². The van der Waals surface area contributed by atoms with Crippen LogP contribution in [0, 0.1) is 23.3 Å². The molecule has 2 amide bonds. The number of alkyl halides is 1. The average molecular weight is 356 g/mol. The molecule has 7 heteroatoms. The van der Waals surface area contributed by atoms with Crippen LogP contribution < -0.4 is 5.73 Å². The fraction of sp³-hybridized carbons (Fsp3) is 0.688. The Hall–Kier alpha value is -1.19. The molecule has 126 valence electrons. The zero-order valence-corrected chi connectivity index (χ0v) is 14.8. The van der Waals surface area contributed by atoms with Crippen molar-refractivity contribution in [3.63, 3.8) is 0 Å².